The summed E-state index contributed by atoms with van der Waals surface area (Å²) in [5.41, 5.74) is 0. The lowest BCUT2D eigenvalue weighted by Crippen LogP contribution is -2.57. The maximum Gasteiger partial charge on any atom is 0.326 e. The molecule has 0 N–H and O–H groups in total. The molecule has 0 saturated heterocycles. The molecule has 9 heteroatoms. The first kappa shape index (κ1) is 27.7. The van der Waals surface area contributed by atoms with Crippen LogP contribution in [0.1, 0.15) is 26.7 Å². The first-order chi connectivity index (χ1) is 11.9. The standard InChI is InChI=1S/C18H44O5Si4/c1-13-18(3,20-26(10,11)22-24(4,5)6)21-27(12,23-25(7,8)9)17-15-16-19-14-2/h2H,13-17H2,1,3-12H3. The summed E-state index contributed by atoms with van der Waals surface area (Å²) in [5.74, 6) is -0.704. The van der Waals surface area contributed by atoms with Crippen molar-refractivity contribution in [1.82, 2.24) is 0 Å². The summed E-state index contributed by atoms with van der Waals surface area (Å²) in [7, 11) is -8.24. The van der Waals surface area contributed by atoms with E-state index in [9.17, 15) is 0 Å². The van der Waals surface area contributed by atoms with Crippen LogP contribution in [0.5, 0.6) is 0 Å². The maximum absolute atomic E-state index is 6.69. The molecule has 0 spiro atoms. The molecule has 0 saturated carbocycles. The number of rotatable bonds is 14. The normalized spacial score (nSPS) is 18.2. The summed E-state index contributed by atoms with van der Waals surface area (Å²) in [4.78, 5) is 0. The van der Waals surface area contributed by atoms with Crippen molar-refractivity contribution in [2.45, 2.75) is 97.4 Å². The maximum atomic E-state index is 6.69. The van der Waals surface area contributed by atoms with Gasteiger partial charge in [0.05, 0.1) is 6.61 Å². The lowest BCUT2D eigenvalue weighted by Gasteiger charge is -2.45. The van der Waals surface area contributed by atoms with Crippen LogP contribution in [0.25, 0.3) is 0 Å². The minimum atomic E-state index is -2.46. The van der Waals surface area contributed by atoms with Crippen molar-refractivity contribution >= 4 is 33.8 Å². The number of hydrogen-bond donors (Lipinski definition) is 0. The molecule has 0 aliphatic heterocycles. The molecule has 0 fully saturated rings. The molecule has 5 nitrogen and oxygen atoms in total. The molecule has 0 aliphatic rings. The fraction of sp³-hybridized carbons (Fsp3) is 0.944. The Morgan fingerprint density at radius 3 is 1.74 bits per heavy atom. The predicted octanol–water partition coefficient (Wildman–Crippen LogP) is 5.74. The third kappa shape index (κ3) is 13.5. The van der Waals surface area contributed by atoms with E-state index in [4.69, 9.17) is 28.7 Å². The van der Waals surface area contributed by atoms with Gasteiger partial charge in [0.2, 0.25) is 0 Å². The van der Waals surface area contributed by atoms with Gasteiger partial charge in [-0.25, -0.2) is 0 Å². The van der Waals surface area contributed by atoms with Gasteiger partial charge in [-0.3, -0.25) is 0 Å². The third-order valence-electron chi connectivity index (χ3n) is 3.65. The summed E-state index contributed by atoms with van der Waals surface area (Å²) in [6, 6.07) is 0.854. The Bertz CT molecular complexity index is 436. The highest BCUT2D eigenvalue weighted by molar-refractivity contribution is 6.82. The minimum Gasteiger partial charge on any atom is -0.436 e. The summed E-state index contributed by atoms with van der Waals surface area (Å²) >= 11 is 0. The molecular weight excluding hydrogens is 409 g/mol. The topological polar surface area (TPSA) is 46.2 Å². The van der Waals surface area contributed by atoms with E-state index in [1.54, 1.807) is 0 Å². The van der Waals surface area contributed by atoms with Gasteiger partial charge in [-0.15, -0.1) is 0 Å². The Hall–Kier alpha value is 0.668. The molecule has 0 aromatic rings. The van der Waals surface area contributed by atoms with Crippen LogP contribution in [-0.2, 0) is 21.8 Å². The van der Waals surface area contributed by atoms with Crippen molar-refractivity contribution in [2.24, 2.45) is 0 Å². The smallest absolute Gasteiger partial charge is 0.326 e. The highest BCUT2D eigenvalue weighted by atomic mass is 28.4. The van der Waals surface area contributed by atoms with Crippen LogP contribution < -0.4 is 0 Å². The van der Waals surface area contributed by atoms with Crippen molar-refractivity contribution in [3.63, 3.8) is 0 Å². The molecule has 0 rings (SSSR count). The third-order valence-corrected chi connectivity index (χ3v) is 15.3. The fourth-order valence-corrected chi connectivity index (χ4v) is 18.4. The first-order valence-electron chi connectivity index (χ1n) is 10.0. The zero-order valence-electron chi connectivity index (χ0n) is 19.7. The van der Waals surface area contributed by atoms with E-state index < -0.39 is 39.5 Å². The van der Waals surface area contributed by atoms with E-state index in [2.05, 4.69) is 65.8 Å². The van der Waals surface area contributed by atoms with Gasteiger partial charge in [0.15, 0.2) is 16.6 Å². The monoisotopic (exact) mass is 452 g/mol. The summed E-state index contributed by atoms with van der Waals surface area (Å²) < 4.78 is 31.5. The second-order valence-electron chi connectivity index (χ2n) is 9.83. The average molecular weight is 453 g/mol. The van der Waals surface area contributed by atoms with Gasteiger partial charge in [0, 0.05) is 6.61 Å². The van der Waals surface area contributed by atoms with Crippen LogP contribution >= 0.6 is 0 Å². The molecule has 162 valence electrons. The van der Waals surface area contributed by atoms with Gasteiger partial charge in [-0.1, -0.05) is 6.92 Å². The van der Waals surface area contributed by atoms with E-state index in [1.165, 1.54) is 0 Å². The van der Waals surface area contributed by atoms with Crippen molar-refractivity contribution in [3.05, 3.63) is 6.92 Å². The molecule has 2 atom stereocenters. The molecule has 2 unspecified atom stereocenters. The van der Waals surface area contributed by atoms with Crippen molar-refractivity contribution in [2.75, 3.05) is 13.2 Å². The Morgan fingerprint density at radius 1 is 0.815 bits per heavy atom. The first-order valence-corrected chi connectivity index (χ1v) is 22.2. The Morgan fingerprint density at radius 2 is 1.33 bits per heavy atom. The zero-order valence-corrected chi connectivity index (χ0v) is 23.7. The van der Waals surface area contributed by atoms with E-state index >= 15 is 0 Å². The highest BCUT2D eigenvalue weighted by Gasteiger charge is 2.46. The van der Waals surface area contributed by atoms with Crippen LogP contribution in [0.4, 0.5) is 0 Å². The van der Waals surface area contributed by atoms with Gasteiger partial charge in [0.1, 0.15) is 5.79 Å². The second-order valence-corrected chi connectivity index (χ2v) is 25.9. The Labute approximate surface area is 173 Å². The van der Waals surface area contributed by atoms with Gasteiger partial charge in [-0.05, 0) is 91.7 Å². The lowest BCUT2D eigenvalue weighted by molar-refractivity contribution is -0.132. The highest BCUT2D eigenvalue weighted by Crippen LogP contribution is 2.32. The fourth-order valence-electron chi connectivity index (χ4n) is 3.25. The molecular formula is C18H44O5Si4. The lowest BCUT2D eigenvalue weighted by atomic mass is 10.3. The minimum absolute atomic E-state index is 0.248. The Balaban J connectivity index is 5.34. The number of ether oxygens (including phenoxy) is 1. The predicted molar refractivity (Wildman–Crippen MR) is 123 cm³/mol. The van der Waals surface area contributed by atoms with Crippen LogP contribution in [0, 0.1) is 6.92 Å². The quantitative estimate of drug-likeness (QED) is 0.191. The van der Waals surface area contributed by atoms with E-state index in [1.807, 2.05) is 6.92 Å². The summed E-state index contributed by atoms with van der Waals surface area (Å²) in [6.45, 7) is 30.0. The molecule has 0 aromatic heterocycles. The van der Waals surface area contributed by atoms with E-state index in [0.29, 0.717) is 6.61 Å². The Kier molecular flexibility index (Phi) is 10.9. The van der Waals surface area contributed by atoms with Crippen LogP contribution in [0.15, 0.2) is 0 Å². The van der Waals surface area contributed by atoms with Gasteiger partial charge in [-0.2, -0.15) is 0 Å². The molecule has 27 heavy (non-hydrogen) atoms. The van der Waals surface area contributed by atoms with Crippen molar-refractivity contribution in [3.8, 4) is 0 Å². The second kappa shape index (κ2) is 10.6. The molecule has 0 heterocycles. The van der Waals surface area contributed by atoms with Gasteiger partial charge < -0.3 is 21.8 Å². The van der Waals surface area contributed by atoms with Gasteiger partial charge in [0.25, 0.3) is 0 Å². The van der Waals surface area contributed by atoms with Crippen LogP contribution in [-0.4, -0.2) is 52.8 Å². The van der Waals surface area contributed by atoms with E-state index in [-0.39, 0.29) is 6.61 Å². The molecule has 2 radical (unpaired) electrons. The van der Waals surface area contributed by atoms with E-state index in [0.717, 1.165) is 18.9 Å². The molecule has 0 aromatic carbocycles. The van der Waals surface area contributed by atoms with Crippen LogP contribution in [0.2, 0.25) is 65.0 Å². The SMILES string of the molecule is [CH]COCCC[Si](C)(OC(C)(CC)O[Si](C)(C)O[Si](C)(C)C)O[Si](C)(C)C. The molecule has 0 aliphatic carbocycles. The summed E-state index contributed by atoms with van der Waals surface area (Å²) in [5, 5.41) is 0. The largest absolute Gasteiger partial charge is 0.436 e. The average Bonchev–Trinajstić information content (AvgIpc) is 2.37. The van der Waals surface area contributed by atoms with Crippen LogP contribution in [0.3, 0.4) is 0 Å². The molecule has 0 bridgehead atoms. The van der Waals surface area contributed by atoms with Crippen molar-refractivity contribution in [1.29, 1.82) is 0 Å². The van der Waals surface area contributed by atoms with Crippen molar-refractivity contribution < 1.29 is 21.8 Å². The van der Waals surface area contributed by atoms with Gasteiger partial charge >= 0.3 is 17.1 Å². The zero-order chi connectivity index (χ0) is 21.6. The molecule has 0 amide bonds. The number of hydrogen-bond acceptors (Lipinski definition) is 5. The summed E-state index contributed by atoms with van der Waals surface area (Å²) in [6.07, 6.45) is 1.62.